The third-order valence-corrected chi connectivity index (χ3v) is 3.65. The Hall–Kier alpha value is -2.50. The maximum Gasteiger partial charge on any atom is 0.347 e. The zero-order valence-electron chi connectivity index (χ0n) is 12.5. The van der Waals surface area contributed by atoms with E-state index in [-0.39, 0.29) is 6.10 Å². The number of benzene rings is 1. The molecule has 0 bridgehead atoms. The summed E-state index contributed by atoms with van der Waals surface area (Å²) in [7, 11) is 1.54. The molecule has 6 heteroatoms. The van der Waals surface area contributed by atoms with Crippen molar-refractivity contribution in [2.75, 3.05) is 7.11 Å². The number of cyclic esters (lactones) is 1. The van der Waals surface area contributed by atoms with Gasteiger partial charge in [-0.1, -0.05) is 0 Å². The number of carbonyl (C=O) groups is 2. The average Bonchev–Trinajstić information content (AvgIpc) is 2.96. The molecule has 1 aromatic carbocycles. The average molecular weight is 304 g/mol. The maximum atomic E-state index is 12.4. The third kappa shape index (κ3) is 2.41. The minimum Gasteiger partial charge on any atom is -0.497 e. The molecule has 0 N–H and O–H groups in total. The predicted molar refractivity (Wildman–Crippen MR) is 76.9 cm³/mol. The van der Waals surface area contributed by atoms with Gasteiger partial charge >= 0.3 is 11.9 Å². The molecule has 0 spiro atoms. The minimum absolute atomic E-state index is 0.243. The van der Waals surface area contributed by atoms with Gasteiger partial charge in [-0.2, -0.15) is 0 Å². The summed E-state index contributed by atoms with van der Waals surface area (Å²) in [5.74, 6) is -0.0617. The molecule has 22 heavy (non-hydrogen) atoms. The summed E-state index contributed by atoms with van der Waals surface area (Å²) in [6.45, 7) is 3.44. The molecule has 6 nitrogen and oxygen atoms in total. The van der Waals surface area contributed by atoms with Crippen molar-refractivity contribution in [2.45, 2.75) is 32.5 Å². The smallest absolute Gasteiger partial charge is 0.347 e. The number of hydrogen-bond donors (Lipinski definition) is 0. The Kier molecular flexibility index (Phi) is 3.52. The van der Waals surface area contributed by atoms with Crippen molar-refractivity contribution < 1.29 is 28.2 Å². The second-order valence-electron chi connectivity index (χ2n) is 5.27. The summed E-state index contributed by atoms with van der Waals surface area (Å²) in [6.07, 6.45) is -0.743. The number of aryl methyl sites for hydroxylation is 1. The summed E-state index contributed by atoms with van der Waals surface area (Å²) in [6, 6.07) is 5.18. The summed E-state index contributed by atoms with van der Waals surface area (Å²) in [5, 5.41) is 0.598. The number of fused-ring (bicyclic) bond motifs is 1. The van der Waals surface area contributed by atoms with E-state index >= 15 is 0 Å². The van der Waals surface area contributed by atoms with E-state index in [1.807, 2.05) is 0 Å². The normalized spacial score (nSPS) is 21.0. The van der Waals surface area contributed by atoms with E-state index in [0.717, 1.165) is 0 Å². The van der Waals surface area contributed by atoms with Gasteiger partial charge in [0.05, 0.1) is 7.11 Å². The molecule has 1 saturated heterocycles. The largest absolute Gasteiger partial charge is 0.497 e. The SMILES string of the molecule is COc1ccc2oc(C)c(C(=O)O[C@@H]3C[C@H](C)OC3=O)c2c1. The first-order chi connectivity index (χ1) is 10.5. The fraction of sp³-hybridized carbons (Fsp3) is 0.375. The summed E-state index contributed by atoms with van der Waals surface area (Å²) in [5.41, 5.74) is 0.869. The lowest BCUT2D eigenvalue weighted by Gasteiger charge is -2.08. The lowest BCUT2D eigenvalue weighted by Crippen LogP contribution is -2.22. The lowest BCUT2D eigenvalue weighted by atomic mass is 10.1. The topological polar surface area (TPSA) is 75.0 Å². The molecule has 0 unspecified atom stereocenters. The zero-order valence-corrected chi connectivity index (χ0v) is 12.5. The van der Waals surface area contributed by atoms with Crippen LogP contribution in [0.4, 0.5) is 0 Å². The van der Waals surface area contributed by atoms with Crippen LogP contribution in [0.15, 0.2) is 22.6 Å². The van der Waals surface area contributed by atoms with Gasteiger partial charge in [-0.3, -0.25) is 0 Å². The number of rotatable bonds is 3. The van der Waals surface area contributed by atoms with Crippen LogP contribution in [0.2, 0.25) is 0 Å². The Morgan fingerprint density at radius 2 is 2.14 bits per heavy atom. The van der Waals surface area contributed by atoms with Gasteiger partial charge in [0.1, 0.15) is 28.8 Å². The molecule has 116 valence electrons. The molecule has 2 aromatic rings. The Labute approximate surface area is 126 Å². The molecule has 0 saturated carbocycles. The van der Waals surface area contributed by atoms with E-state index in [2.05, 4.69) is 0 Å². The highest BCUT2D eigenvalue weighted by Gasteiger charge is 2.36. The first kappa shape index (κ1) is 14.4. The zero-order chi connectivity index (χ0) is 15.9. The predicted octanol–water partition coefficient (Wildman–Crippen LogP) is 2.61. The number of furan rings is 1. The van der Waals surface area contributed by atoms with Crippen LogP contribution in [0.3, 0.4) is 0 Å². The van der Waals surface area contributed by atoms with Crippen molar-refractivity contribution in [1.82, 2.24) is 0 Å². The number of esters is 2. The quantitative estimate of drug-likeness (QED) is 0.811. The summed E-state index contributed by atoms with van der Waals surface area (Å²) >= 11 is 0. The fourth-order valence-corrected chi connectivity index (χ4v) is 2.58. The minimum atomic E-state index is -0.863. The van der Waals surface area contributed by atoms with E-state index in [9.17, 15) is 9.59 Å². The molecule has 1 aromatic heterocycles. The van der Waals surface area contributed by atoms with E-state index in [1.54, 1.807) is 39.2 Å². The van der Waals surface area contributed by atoms with E-state index in [4.69, 9.17) is 18.6 Å². The number of methoxy groups -OCH3 is 1. The van der Waals surface area contributed by atoms with Gasteiger partial charge in [-0.25, -0.2) is 9.59 Å². The van der Waals surface area contributed by atoms with Gasteiger partial charge in [0.15, 0.2) is 0 Å². The molecule has 1 fully saturated rings. The second kappa shape index (κ2) is 5.36. The van der Waals surface area contributed by atoms with Crippen molar-refractivity contribution in [3.63, 3.8) is 0 Å². The van der Waals surface area contributed by atoms with Gasteiger partial charge < -0.3 is 18.6 Å². The van der Waals surface area contributed by atoms with Crippen LogP contribution < -0.4 is 4.74 Å². The first-order valence-corrected chi connectivity index (χ1v) is 6.98. The van der Waals surface area contributed by atoms with Gasteiger partial charge in [0, 0.05) is 11.8 Å². The second-order valence-corrected chi connectivity index (χ2v) is 5.27. The number of ether oxygens (including phenoxy) is 3. The summed E-state index contributed by atoms with van der Waals surface area (Å²) in [4.78, 5) is 24.0. The van der Waals surface area contributed by atoms with Crippen molar-refractivity contribution in [1.29, 1.82) is 0 Å². The van der Waals surface area contributed by atoms with Crippen LogP contribution in [0.25, 0.3) is 11.0 Å². The summed E-state index contributed by atoms with van der Waals surface area (Å²) < 4.78 is 21.0. The monoisotopic (exact) mass is 304 g/mol. The molecule has 1 aliphatic rings. The van der Waals surface area contributed by atoms with Crippen molar-refractivity contribution >= 4 is 22.9 Å². The molecule has 2 heterocycles. The van der Waals surface area contributed by atoms with Crippen molar-refractivity contribution in [2.24, 2.45) is 0 Å². The Bertz CT molecular complexity index is 744. The molecule has 0 aliphatic carbocycles. The van der Waals surface area contributed by atoms with Crippen LogP contribution >= 0.6 is 0 Å². The molecular weight excluding hydrogens is 288 g/mol. The van der Waals surface area contributed by atoms with E-state index < -0.39 is 18.0 Å². The molecule has 0 amide bonds. The Morgan fingerprint density at radius 1 is 1.36 bits per heavy atom. The molecule has 1 aliphatic heterocycles. The molecular formula is C16H16O6. The first-order valence-electron chi connectivity index (χ1n) is 6.98. The Balaban J connectivity index is 1.93. The highest BCUT2D eigenvalue weighted by molar-refractivity contribution is 6.05. The van der Waals surface area contributed by atoms with Crippen LogP contribution in [0, 0.1) is 6.92 Å². The van der Waals surface area contributed by atoms with Gasteiger partial charge in [-0.05, 0) is 32.0 Å². The molecule has 0 radical (unpaired) electrons. The van der Waals surface area contributed by atoms with Crippen LogP contribution in [0.5, 0.6) is 5.75 Å². The third-order valence-electron chi connectivity index (χ3n) is 3.65. The highest BCUT2D eigenvalue weighted by Crippen LogP contribution is 2.30. The van der Waals surface area contributed by atoms with Crippen LogP contribution in [-0.4, -0.2) is 31.3 Å². The fourth-order valence-electron chi connectivity index (χ4n) is 2.58. The van der Waals surface area contributed by atoms with E-state index in [1.165, 1.54) is 0 Å². The maximum absolute atomic E-state index is 12.4. The standard InChI is InChI=1S/C16H16O6/c1-8-6-13(15(17)20-8)22-16(18)14-9(2)21-12-5-4-10(19-3)7-11(12)14/h4-5,7-8,13H,6H2,1-3H3/t8-,13+/m0/s1. The van der Waals surface area contributed by atoms with Gasteiger partial charge in [0.2, 0.25) is 6.10 Å². The molecule has 3 rings (SSSR count). The Morgan fingerprint density at radius 3 is 2.77 bits per heavy atom. The molecule has 2 atom stereocenters. The lowest BCUT2D eigenvalue weighted by molar-refractivity contribution is -0.147. The highest BCUT2D eigenvalue weighted by atomic mass is 16.6. The van der Waals surface area contributed by atoms with E-state index in [0.29, 0.717) is 34.5 Å². The van der Waals surface area contributed by atoms with Gasteiger partial charge in [-0.15, -0.1) is 0 Å². The number of carbonyl (C=O) groups excluding carboxylic acids is 2. The number of hydrogen-bond acceptors (Lipinski definition) is 6. The van der Waals surface area contributed by atoms with Gasteiger partial charge in [0.25, 0.3) is 0 Å². The van der Waals surface area contributed by atoms with Crippen LogP contribution in [0.1, 0.15) is 29.5 Å². The van der Waals surface area contributed by atoms with Crippen LogP contribution in [-0.2, 0) is 14.3 Å². The van der Waals surface area contributed by atoms with Crippen molar-refractivity contribution in [3.05, 3.63) is 29.5 Å². The van der Waals surface area contributed by atoms with Crippen molar-refractivity contribution in [3.8, 4) is 5.75 Å².